The van der Waals surface area contributed by atoms with E-state index in [1.54, 1.807) is 6.07 Å². The van der Waals surface area contributed by atoms with Gasteiger partial charge in [0.05, 0.1) is 0 Å². The zero-order valence-electron chi connectivity index (χ0n) is 12.7. The Balaban J connectivity index is 1.80. The third-order valence-electron chi connectivity index (χ3n) is 4.43. The molecule has 110 valence electrons. The first kappa shape index (κ1) is 14.1. The molecule has 21 heavy (non-hydrogen) atoms. The highest BCUT2D eigenvalue weighted by Gasteiger charge is 2.13. The molecule has 0 aliphatic heterocycles. The molecule has 1 aliphatic rings. The van der Waals surface area contributed by atoms with Crippen molar-refractivity contribution >= 4 is 5.69 Å². The smallest absolute Gasteiger partial charge is 0.123 e. The Kier molecular flexibility index (Phi) is 3.96. The molecule has 1 N–H and O–H groups in total. The Bertz CT molecular complexity index is 648. The average molecular weight is 283 g/mol. The van der Waals surface area contributed by atoms with Crippen LogP contribution in [0.25, 0.3) is 0 Å². The van der Waals surface area contributed by atoms with E-state index in [0.29, 0.717) is 0 Å². The maximum atomic E-state index is 13.2. The maximum absolute atomic E-state index is 13.2. The molecule has 0 amide bonds. The third-order valence-corrected chi connectivity index (χ3v) is 4.43. The summed E-state index contributed by atoms with van der Waals surface area (Å²) in [6.07, 6.45) is 5.03. The van der Waals surface area contributed by atoms with Crippen LogP contribution in [0.5, 0.6) is 0 Å². The standard InChI is InChI=1S/C19H22FN/c1-13-11-18(20)9-10-19(13)21-14(2)16-8-7-15-5-3-4-6-17(15)12-16/h7-12,14,21H,3-6H2,1-2H3. The molecule has 2 heteroatoms. The summed E-state index contributed by atoms with van der Waals surface area (Å²) in [6.45, 7) is 4.10. The van der Waals surface area contributed by atoms with Gasteiger partial charge in [-0.3, -0.25) is 0 Å². The summed E-state index contributed by atoms with van der Waals surface area (Å²) in [4.78, 5) is 0. The summed E-state index contributed by atoms with van der Waals surface area (Å²) >= 11 is 0. The largest absolute Gasteiger partial charge is 0.378 e. The first-order valence-electron chi connectivity index (χ1n) is 7.78. The number of nitrogens with one attached hydrogen (secondary N) is 1. The third kappa shape index (κ3) is 3.10. The second-order valence-corrected chi connectivity index (χ2v) is 6.06. The van der Waals surface area contributed by atoms with E-state index in [1.807, 2.05) is 13.0 Å². The van der Waals surface area contributed by atoms with E-state index in [9.17, 15) is 4.39 Å². The monoisotopic (exact) mass is 283 g/mol. The van der Waals surface area contributed by atoms with Gasteiger partial charge in [0.25, 0.3) is 0 Å². The zero-order chi connectivity index (χ0) is 14.8. The molecule has 1 atom stereocenters. The van der Waals surface area contributed by atoms with Crippen molar-refractivity contribution in [3.05, 3.63) is 64.5 Å². The van der Waals surface area contributed by atoms with Crippen molar-refractivity contribution in [1.82, 2.24) is 0 Å². The van der Waals surface area contributed by atoms with Crippen molar-refractivity contribution in [2.45, 2.75) is 45.6 Å². The van der Waals surface area contributed by atoms with Crippen LogP contribution >= 0.6 is 0 Å². The molecular formula is C19H22FN. The molecule has 0 spiro atoms. The van der Waals surface area contributed by atoms with E-state index in [1.165, 1.54) is 48.4 Å². The Morgan fingerprint density at radius 1 is 1.00 bits per heavy atom. The highest BCUT2D eigenvalue weighted by molar-refractivity contribution is 5.52. The molecule has 0 saturated heterocycles. The van der Waals surface area contributed by atoms with Crippen LogP contribution in [0.3, 0.4) is 0 Å². The Labute approximate surface area is 126 Å². The lowest BCUT2D eigenvalue weighted by molar-refractivity contribution is 0.626. The number of hydrogen-bond acceptors (Lipinski definition) is 1. The van der Waals surface area contributed by atoms with Crippen LogP contribution < -0.4 is 5.32 Å². The second kappa shape index (κ2) is 5.88. The van der Waals surface area contributed by atoms with E-state index >= 15 is 0 Å². The van der Waals surface area contributed by atoms with Crippen LogP contribution in [0.4, 0.5) is 10.1 Å². The quantitative estimate of drug-likeness (QED) is 0.817. The molecule has 1 unspecified atom stereocenters. The highest BCUT2D eigenvalue weighted by atomic mass is 19.1. The lowest BCUT2D eigenvalue weighted by Crippen LogP contribution is -2.10. The predicted octanol–water partition coefficient (Wildman–Crippen LogP) is 5.19. The van der Waals surface area contributed by atoms with Crippen LogP contribution in [0, 0.1) is 12.7 Å². The summed E-state index contributed by atoms with van der Waals surface area (Å²) in [5.74, 6) is -0.181. The molecule has 0 bridgehead atoms. The van der Waals surface area contributed by atoms with Gasteiger partial charge in [0.2, 0.25) is 0 Å². The molecule has 0 saturated carbocycles. The number of rotatable bonds is 3. The molecule has 0 radical (unpaired) electrons. The second-order valence-electron chi connectivity index (χ2n) is 6.06. The SMILES string of the molecule is Cc1cc(F)ccc1NC(C)c1ccc2c(c1)CCCC2. The molecule has 2 aromatic carbocycles. The van der Waals surface area contributed by atoms with Gasteiger partial charge in [0.1, 0.15) is 5.82 Å². The van der Waals surface area contributed by atoms with Crippen LogP contribution in [0.1, 0.15) is 48.1 Å². The highest BCUT2D eigenvalue weighted by Crippen LogP contribution is 2.27. The van der Waals surface area contributed by atoms with Crippen LogP contribution in [0.15, 0.2) is 36.4 Å². The Morgan fingerprint density at radius 2 is 1.76 bits per heavy atom. The fourth-order valence-corrected chi connectivity index (χ4v) is 3.13. The van der Waals surface area contributed by atoms with Gasteiger partial charge < -0.3 is 5.32 Å². The first-order chi connectivity index (χ1) is 10.1. The van der Waals surface area contributed by atoms with Gasteiger partial charge in [-0.2, -0.15) is 0 Å². The van der Waals surface area contributed by atoms with Crippen molar-refractivity contribution in [2.75, 3.05) is 5.32 Å². The minimum Gasteiger partial charge on any atom is -0.378 e. The van der Waals surface area contributed by atoms with Gasteiger partial charge in [-0.25, -0.2) is 4.39 Å². The fraction of sp³-hybridized carbons (Fsp3) is 0.368. The average Bonchev–Trinajstić information content (AvgIpc) is 2.49. The zero-order valence-corrected chi connectivity index (χ0v) is 12.7. The lowest BCUT2D eigenvalue weighted by Gasteiger charge is -2.21. The molecule has 0 aromatic heterocycles. The fourth-order valence-electron chi connectivity index (χ4n) is 3.13. The number of fused-ring (bicyclic) bond motifs is 1. The van der Waals surface area contributed by atoms with Gasteiger partial charge >= 0.3 is 0 Å². The Morgan fingerprint density at radius 3 is 2.52 bits per heavy atom. The molecule has 1 aliphatic carbocycles. The van der Waals surface area contributed by atoms with Gasteiger partial charge in [0, 0.05) is 11.7 Å². The number of halogens is 1. The molecule has 2 aromatic rings. The molecule has 0 heterocycles. The summed E-state index contributed by atoms with van der Waals surface area (Å²) in [5, 5.41) is 3.49. The van der Waals surface area contributed by atoms with Crippen molar-refractivity contribution < 1.29 is 4.39 Å². The van der Waals surface area contributed by atoms with E-state index in [0.717, 1.165) is 11.3 Å². The van der Waals surface area contributed by atoms with Crippen LogP contribution in [-0.2, 0) is 12.8 Å². The number of anilines is 1. The first-order valence-corrected chi connectivity index (χ1v) is 7.78. The van der Waals surface area contributed by atoms with E-state index < -0.39 is 0 Å². The molecular weight excluding hydrogens is 261 g/mol. The lowest BCUT2D eigenvalue weighted by atomic mass is 9.89. The van der Waals surface area contributed by atoms with Gasteiger partial charge in [-0.1, -0.05) is 18.2 Å². The van der Waals surface area contributed by atoms with Crippen molar-refractivity contribution in [2.24, 2.45) is 0 Å². The normalized spacial score (nSPS) is 15.4. The summed E-state index contributed by atoms with van der Waals surface area (Å²) < 4.78 is 13.2. The number of hydrogen-bond donors (Lipinski definition) is 1. The Hall–Kier alpha value is -1.83. The topological polar surface area (TPSA) is 12.0 Å². The summed E-state index contributed by atoms with van der Waals surface area (Å²) in [7, 11) is 0. The van der Waals surface area contributed by atoms with E-state index in [2.05, 4.69) is 30.4 Å². The van der Waals surface area contributed by atoms with Crippen molar-refractivity contribution in [1.29, 1.82) is 0 Å². The number of benzene rings is 2. The van der Waals surface area contributed by atoms with Gasteiger partial charge in [-0.05, 0) is 80.0 Å². The van der Waals surface area contributed by atoms with Gasteiger partial charge in [-0.15, -0.1) is 0 Å². The maximum Gasteiger partial charge on any atom is 0.123 e. The molecule has 0 fully saturated rings. The van der Waals surface area contributed by atoms with Gasteiger partial charge in [0.15, 0.2) is 0 Å². The minimum absolute atomic E-state index is 0.181. The predicted molar refractivity (Wildman–Crippen MR) is 86.3 cm³/mol. The van der Waals surface area contributed by atoms with Crippen LogP contribution in [-0.4, -0.2) is 0 Å². The van der Waals surface area contributed by atoms with Crippen molar-refractivity contribution in [3.63, 3.8) is 0 Å². The van der Waals surface area contributed by atoms with E-state index in [4.69, 9.17) is 0 Å². The van der Waals surface area contributed by atoms with Crippen molar-refractivity contribution in [3.8, 4) is 0 Å². The molecule has 3 rings (SSSR count). The summed E-state index contributed by atoms with van der Waals surface area (Å²) in [5.41, 5.74) is 6.26. The number of aryl methyl sites for hydroxylation is 3. The molecule has 1 nitrogen and oxygen atoms in total. The van der Waals surface area contributed by atoms with E-state index in [-0.39, 0.29) is 11.9 Å². The van der Waals surface area contributed by atoms with Crippen LogP contribution in [0.2, 0.25) is 0 Å². The summed E-state index contributed by atoms with van der Waals surface area (Å²) in [6, 6.07) is 12.0. The minimum atomic E-state index is -0.181.